The molecule has 0 aliphatic rings. The standard InChI is InChI=1S/C15H19N3O/c1-12(2)8-11-18(10-5-9-16)15-17-13-6-3-4-7-14(13)19-15/h3-4,6-7,12H,5,8,10-11H2,1-2H3. The van der Waals surface area contributed by atoms with E-state index in [-0.39, 0.29) is 0 Å². The van der Waals surface area contributed by atoms with E-state index in [0.717, 1.165) is 24.1 Å². The molecule has 4 heteroatoms. The molecule has 2 aromatic rings. The summed E-state index contributed by atoms with van der Waals surface area (Å²) in [5, 5.41) is 8.75. The molecule has 1 aromatic carbocycles. The van der Waals surface area contributed by atoms with Gasteiger partial charge in [-0.2, -0.15) is 10.2 Å². The molecule has 0 fully saturated rings. The van der Waals surface area contributed by atoms with Crippen LogP contribution >= 0.6 is 0 Å². The van der Waals surface area contributed by atoms with E-state index < -0.39 is 0 Å². The van der Waals surface area contributed by atoms with Crippen LogP contribution < -0.4 is 4.90 Å². The highest BCUT2D eigenvalue weighted by Gasteiger charge is 2.14. The van der Waals surface area contributed by atoms with Crippen LogP contribution in [-0.2, 0) is 0 Å². The zero-order chi connectivity index (χ0) is 13.7. The predicted octanol–water partition coefficient (Wildman–Crippen LogP) is 3.59. The zero-order valence-electron chi connectivity index (χ0n) is 11.5. The van der Waals surface area contributed by atoms with Gasteiger partial charge in [0.1, 0.15) is 5.52 Å². The summed E-state index contributed by atoms with van der Waals surface area (Å²) in [5.41, 5.74) is 1.66. The number of nitriles is 1. The Morgan fingerprint density at radius 1 is 1.32 bits per heavy atom. The first-order valence-electron chi connectivity index (χ1n) is 6.68. The van der Waals surface area contributed by atoms with Gasteiger partial charge in [-0.3, -0.25) is 0 Å². The third-order valence-corrected chi connectivity index (χ3v) is 3.02. The molecule has 0 bridgehead atoms. The first kappa shape index (κ1) is 13.4. The molecule has 0 N–H and O–H groups in total. The molecule has 19 heavy (non-hydrogen) atoms. The van der Waals surface area contributed by atoms with Crippen molar-refractivity contribution in [2.45, 2.75) is 26.7 Å². The Kier molecular flexibility index (Phi) is 4.40. The molecule has 0 saturated carbocycles. The van der Waals surface area contributed by atoms with Gasteiger partial charge in [-0.15, -0.1) is 0 Å². The van der Waals surface area contributed by atoms with Crippen LogP contribution in [0.5, 0.6) is 0 Å². The average Bonchev–Trinajstić information content (AvgIpc) is 2.82. The van der Waals surface area contributed by atoms with Crippen molar-refractivity contribution in [3.8, 4) is 6.07 Å². The molecular formula is C15H19N3O. The van der Waals surface area contributed by atoms with Crippen LogP contribution in [0.25, 0.3) is 11.1 Å². The fourth-order valence-corrected chi connectivity index (χ4v) is 1.90. The summed E-state index contributed by atoms with van der Waals surface area (Å²) in [4.78, 5) is 6.55. The molecule has 0 amide bonds. The number of rotatable bonds is 6. The van der Waals surface area contributed by atoms with Gasteiger partial charge in [0.2, 0.25) is 0 Å². The molecule has 0 saturated heterocycles. The minimum absolute atomic E-state index is 0.483. The number of benzene rings is 1. The lowest BCUT2D eigenvalue weighted by Crippen LogP contribution is -2.26. The van der Waals surface area contributed by atoms with Crippen LogP contribution in [-0.4, -0.2) is 18.1 Å². The Labute approximate surface area is 113 Å². The van der Waals surface area contributed by atoms with Gasteiger partial charge in [-0.05, 0) is 24.5 Å². The van der Waals surface area contributed by atoms with Crippen molar-refractivity contribution in [1.82, 2.24) is 4.98 Å². The molecule has 0 spiro atoms. The fraction of sp³-hybridized carbons (Fsp3) is 0.467. The summed E-state index contributed by atoms with van der Waals surface area (Å²) < 4.78 is 5.76. The van der Waals surface area contributed by atoms with Crippen molar-refractivity contribution < 1.29 is 4.42 Å². The van der Waals surface area contributed by atoms with Crippen LogP contribution in [0.4, 0.5) is 6.01 Å². The quantitative estimate of drug-likeness (QED) is 0.793. The van der Waals surface area contributed by atoms with E-state index in [1.807, 2.05) is 24.3 Å². The lowest BCUT2D eigenvalue weighted by atomic mass is 10.1. The Morgan fingerprint density at radius 3 is 2.79 bits per heavy atom. The lowest BCUT2D eigenvalue weighted by molar-refractivity contribution is 0.525. The summed E-state index contributed by atoms with van der Waals surface area (Å²) in [6.45, 7) is 5.91. The van der Waals surface area contributed by atoms with E-state index in [1.54, 1.807) is 0 Å². The molecule has 4 nitrogen and oxygen atoms in total. The maximum Gasteiger partial charge on any atom is 0.298 e. The first-order chi connectivity index (χ1) is 9.20. The topological polar surface area (TPSA) is 53.1 Å². The molecule has 0 radical (unpaired) electrons. The van der Waals surface area contributed by atoms with Gasteiger partial charge in [-0.25, -0.2) is 0 Å². The molecule has 0 aliphatic heterocycles. The van der Waals surface area contributed by atoms with Gasteiger partial charge >= 0.3 is 0 Å². The number of aromatic nitrogens is 1. The van der Waals surface area contributed by atoms with Crippen molar-refractivity contribution in [2.75, 3.05) is 18.0 Å². The second kappa shape index (κ2) is 6.24. The van der Waals surface area contributed by atoms with E-state index in [0.29, 0.717) is 24.9 Å². The van der Waals surface area contributed by atoms with Crippen LogP contribution in [0.15, 0.2) is 28.7 Å². The van der Waals surface area contributed by atoms with Crippen molar-refractivity contribution in [3.63, 3.8) is 0 Å². The molecule has 0 atom stereocenters. The number of anilines is 1. The number of para-hydroxylation sites is 2. The molecule has 100 valence electrons. The summed E-state index contributed by atoms with van der Waals surface area (Å²) in [6.07, 6.45) is 1.54. The first-order valence-corrected chi connectivity index (χ1v) is 6.68. The summed E-state index contributed by atoms with van der Waals surface area (Å²) in [5.74, 6) is 0.619. The van der Waals surface area contributed by atoms with Crippen LogP contribution in [0, 0.1) is 17.2 Å². The highest BCUT2D eigenvalue weighted by Crippen LogP contribution is 2.22. The third kappa shape index (κ3) is 3.47. The Hall–Kier alpha value is -2.02. The van der Waals surface area contributed by atoms with Crippen molar-refractivity contribution in [3.05, 3.63) is 24.3 Å². The number of fused-ring (bicyclic) bond motifs is 1. The molecule has 0 aliphatic carbocycles. The third-order valence-electron chi connectivity index (χ3n) is 3.02. The van der Waals surface area contributed by atoms with Gasteiger partial charge < -0.3 is 9.32 Å². The Balaban J connectivity index is 2.18. The van der Waals surface area contributed by atoms with Crippen molar-refractivity contribution in [2.24, 2.45) is 5.92 Å². The average molecular weight is 257 g/mol. The molecule has 1 aromatic heterocycles. The van der Waals surface area contributed by atoms with E-state index >= 15 is 0 Å². The monoisotopic (exact) mass is 257 g/mol. The summed E-state index contributed by atoms with van der Waals surface area (Å²) in [7, 11) is 0. The van der Waals surface area contributed by atoms with Crippen LogP contribution in [0.2, 0.25) is 0 Å². The summed E-state index contributed by atoms with van der Waals surface area (Å²) >= 11 is 0. The van der Waals surface area contributed by atoms with E-state index in [4.69, 9.17) is 9.68 Å². The van der Waals surface area contributed by atoms with Gasteiger partial charge in [0.15, 0.2) is 5.58 Å². The van der Waals surface area contributed by atoms with Gasteiger partial charge in [0.05, 0.1) is 12.5 Å². The number of nitrogens with zero attached hydrogens (tertiary/aromatic N) is 3. The van der Waals surface area contributed by atoms with Gasteiger partial charge in [0.25, 0.3) is 6.01 Å². The highest BCUT2D eigenvalue weighted by atomic mass is 16.4. The van der Waals surface area contributed by atoms with E-state index in [9.17, 15) is 0 Å². The Morgan fingerprint density at radius 2 is 2.11 bits per heavy atom. The van der Waals surface area contributed by atoms with Crippen molar-refractivity contribution >= 4 is 17.1 Å². The summed E-state index contributed by atoms with van der Waals surface area (Å²) in [6, 6.07) is 10.5. The lowest BCUT2D eigenvalue weighted by Gasteiger charge is -2.20. The maximum absolute atomic E-state index is 8.75. The van der Waals surface area contributed by atoms with Crippen molar-refractivity contribution in [1.29, 1.82) is 5.26 Å². The number of oxazole rings is 1. The minimum Gasteiger partial charge on any atom is -0.423 e. The Bertz CT molecular complexity index is 535. The highest BCUT2D eigenvalue weighted by molar-refractivity contribution is 5.74. The SMILES string of the molecule is CC(C)CCN(CCC#N)c1nc2ccccc2o1. The minimum atomic E-state index is 0.483. The predicted molar refractivity (Wildman–Crippen MR) is 75.9 cm³/mol. The fourth-order valence-electron chi connectivity index (χ4n) is 1.90. The van der Waals surface area contributed by atoms with Crippen LogP contribution in [0.1, 0.15) is 26.7 Å². The van der Waals surface area contributed by atoms with E-state index in [2.05, 4.69) is 29.8 Å². The second-order valence-corrected chi connectivity index (χ2v) is 5.04. The number of hydrogen-bond donors (Lipinski definition) is 0. The van der Waals surface area contributed by atoms with Gasteiger partial charge in [-0.1, -0.05) is 26.0 Å². The zero-order valence-corrected chi connectivity index (χ0v) is 11.5. The smallest absolute Gasteiger partial charge is 0.298 e. The van der Waals surface area contributed by atoms with Gasteiger partial charge in [0, 0.05) is 13.1 Å². The molecular weight excluding hydrogens is 238 g/mol. The molecule has 1 heterocycles. The normalized spacial score (nSPS) is 10.8. The van der Waals surface area contributed by atoms with Crippen LogP contribution in [0.3, 0.4) is 0 Å². The molecule has 2 rings (SSSR count). The molecule has 0 unspecified atom stereocenters. The largest absolute Gasteiger partial charge is 0.423 e. The van der Waals surface area contributed by atoms with E-state index in [1.165, 1.54) is 0 Å². The second-order valence-electron chi connectivity index (χ2n) is 5.04. The number of hydrogen-bond acceptors (Lipinski definition) is 4. The maximum atomic E-state index is 8.75.